The lowest BCUT2D eigenvalue weighted by molar-refractivity contribution is -0.117. The zero-order valence-corrected chi connectivity index (χ0v) is 16.0. The van der Waals surface area contributed by atoms with Gasteiger partial charge in [-0.2, -0.15) is 0 Å². The van der Waals surface area contributed by atoms with Crippen LogP contribution in [0.15, 0.2) is 36.0 Å². The molecule has 2 aromatic carbocycles. The highest BCUT2D eigenvalue weighted by Gasteiger charge is 2.22. The maximum absolute atomic E-state index is 14.7. The average molecular weight is 390 g/mol. The second-order valence-corrected chi connectivity index (χ2v) is 6.00. The molecule has 0 fully saturated rings. The largest absolute Gasteiger partial charge is 0.494 e. The van der Waals surface area contributed by atoms with Crippen molar-refractivity contribution < 1.29 is 18.3 Å². The highest BCUT2D eigenvalue weighted by molar-refractivity contribution is 6.02. The first kappa shape index (κ1) is 21.0. The number of carbonyl (C=O) groups is 1. The Labute approximate surface area is 162 Å². The van der Waals surface area contributed by atoms with Crippen molar-refractivity contribution in [2.45, 2.75) is 13.3 Å². The van der Waals surface area contributed by atoms with Crippen LogP contribution in [0.1, 0.15) is 18.9 Å². The van der Waals surface area contributed by atoms with Gasteiger partial charge in [0.1, 0.15) is 11.5 Å². The fourth-order valence-corrected chi connectivity index (χ4v) is 2.81. The van der Waals surface area contributed by atoms with Gasteiger partial charge in [-0.1, -0.05) is 19.1 Å². The number of rotatable bonds is 7. The fourth-order valence-electron chi connectivity index (χ4n) is 2.81. The van der Waals surface area contributed by atoms with Gasteiger partial charge >= 0.3 is 0 Å². The molecule has 0 aliphatic heterocycles. The van der Waals surface area contributed by atoms with E-state index < -0.39 is 17.5 Å². The summed E-state index contributed by atoms with van der Waals surface area (Å²) in [6.07, 6.45) is 0.742. The maximum Gasteiger partial charge on any atom is 0.269 e. The third kappa shape index (κ3) is 4.00. The molecule has 0 aliphatic rings. The molecule has 0 aliphatic carbocycles. The van der Waals surface area contributed by atoms with Crippen molar-refractivity contribution in [2.75, 3.05) is 26.4 Å². The molecule has 2 rings (SSSR count). The molecule has 8 heteroatoms. The number of carbonyl (C=O) groups excluding carboxylic acids is 1. The second kappa shape index (κ2) is 9.07. The van der Waals surface area contributed by atoms with Gasteiger partial charge in [0.15, 0.2) is 11.6 Å². The van der Waals surface area contributed by atoms with Gasteiger partial charge in [0.25, 0.3) is 5.91 Å². The summed E-state index contributed by atoms with van der Waals surface area (Å²) >= 11 is 0. The van der Waals surface area contributed by atoms with Gasteiger partial charge in [0.2, 0.25) is 0 Å². The predicted molar refractivity (Wildman–Crippen MR) is 106 cm³/mol. The van der Waals surface area contributed by atoms with Crippen LogP contribution in [-0.2, 0) is 4.79 Å². The van der Waals surface area contributed by atoms with E-state index in [-0.39, 0.29) is 39.5 Å². The molecule has 0 spiro atoms. The number of nitrogens with two attached hydrogens (primary N) is 2. The van der Waals surface area contributed by atoms with Crippen LogP contribution in [0, 0.1) is 11.6 Å². The van der Waals surface area contributed by atoms with Crippen molar-refractivity contribution in [1.82, 2.24) is 10.6 Å². The number of benzene rings is 2. The van der Waals surface area contributed by atoms with Gasteiger partial charge in [-0.25, -0.2) is 8.78 Å². The molecule has 0 bridgehead atoms. The average Bonchev–Trinajstić information content (AvgIpc) is 2.69. The first-order valence-corrected chi connectivity index (χ1v) is 8.74. The molecule has 0 unspecified atom stereocenters. The number of nitrogen functional groups attached to an aromatic ring is 1. The molecule has 0 atom stereocenters. The number of hydrogen-bond donors (Lipinski definition) is 4. The number of halogens is 2. The first-order valence-electron chi connectivity index (χ1n) is 8.74. The van der Waals surface area contributed by atoms with Gasteiger partial charge in [0, 0.05) is 30.3 Å². The lowest BCUT2D eigenvalue weighted by Crippen LogP contribution is -2.32. The van der Waals surface area contributed by atoms with Crippen molar-refractivity contribution in [3.8, 4) is 16.9 Å². The molecule has 6 N–H and O–H groups in total. The molecule has 2 aromatic rings. The van der Waals surface area contributed by atoms with Crippen molar-refractivity contribution in [2.24, 2.45) is 5.73 Å². The van der Waals surface area contributed by atoms with Crippen LogP contribution in [0.5, 0.6) is 5.75 Å². The Balaban J connectivity index is 2.66. The van der Waals surface area contributed by atoms with Gasteiger partial charge in [-0.3, -0.25) is 4.79 Å². The molecule has 1 amide bonds. The van der Waals surface area contributed by atoms with Gasteiger partial charge in [-0.15, -0.1) is 0 Å². The Morgan fingerprint density at radius 2 is 1.93 bits per heavy atom. The summed E-state index contributed by atoms with van der Waals surface area (Å²) in [5.74, 6) is -1.97. The normalized spacial score (nSPS) is 11.6. The molecular formula is C20H24F2N4O2. The minimum Gasteiger partial charge on any atom is -0.494 e. The van der Waals surface area contributed by atoms with Crippen LogP contribution in [-0.4, -0.2) is 26.6 Å². The standard InChI is InChI=1S/C20H24F2N4O2/c1-4-10-26-20(27)18(24)19(25-2)12-8-9-13(21)15(17(12)23)11-6-5-7-14(28-3)16(11)22/h5-9,25H,4,10,23-24H2,1-3H3,(H,26,27)/b19-18+. The number of nitrogens with one attached hydrogen (secondary N) is 2. The Morgan fingerprint density at radius 1 is 1.21 bits per heavy atom. The van der Waals surface area contributed by atoms with E-state index in [0.717, 1.165) is 12.5 Å². The Kier molecular flexibility index (Phi) is 6.81. The smallest absolute Gasteiger partial charge is 0.269 e. The zero-order valence-electron chi connectivity index (χ0n) is 16.0. The summed E-state index contributed by atoms with van der Waals surface area (Å²) in [6.45, 7) is 2.36. The lowest BCUT2D eigenvalue weighted by Gasteiger charge is -2.18. The van der Waals surface area contributed by atoms with Crippen molar-refractivity contribution in [3.63, 3.8) is 0 Å². The van der Waals surface area contributed by atoms with E-state index in [4.69, 9.17) is 16.2 Å². The summed E-state index contributed by atoms with van der Waals surface area (Å²) in [5, 5.41) is 5.49. The van der Waals surface area contributed by atoms with Gasteiger partial charge in [-0.05, 0) is 24.6 Å². The quantitative estimate of drug-likeness (QED) is 0.430. The van der Waals surface area contributed by atoms with E-state index in [9.17, 15) is 13.6 Å². The Hall–Kier alpha value is -3.29. The first-order chi connectivity index (χ1) is 13.4. The fraction of sp³-hybridized carbons (Fsp3) is 0.250. The topological polar surface area (TPSA) is 102 Å². The molecule has 0 saturated heterocycles. The van der Waals surface area contributed by atoms with Crippen LogP contribution < -0.4 is 26.8 Å². The molecule has 0 aromatic heterocycles. The molecule has 150 valence electrons. The van der Waals surface area contributed by atoms with Gasteiger partial charge < -0.3 is 26.8 Å². The highest BCUT2D eigenvalue weighted by atomic mass is 19.1. The van der Waals surface area contributed by atoms with Crippen molar-refractivity contribution in [3.05, 3.63) is 53.2 Å². The number of ether oxygens (including phenoxy) is 1. The highest BCUT2D eigenvalue weighted by Crippen LogP contribution is 2.37. The van der Waals surface area contributed by atoms with E-state index >= 15 is 0 Å². The third-order valence-electron chi connectivity index (χ3n) is 4.22. The van der Waals surface area contributed by atoms with E-state index in [1.807, 2.05) is 6.92 Å². The van der Waals surface area contributed by atoms with Crippen molar-refractivity contribution in [1.29, 1.82) is 0 Å². The summed E-state index contributed by atoms with van der Waals surface area (Å²) in [7, 11) is 2.87. The van der Waals surface area contributed by atoms with Crippen LogP contribution in [0.25, 0.3) is 16.8 Å². The van der Waals surface area contributed by atoms with Gasteiger partial charge in [0.05, 0.1) is 18.5 Å². The van der Waals surface area contributed by atoms with Crippen LogP contribution >= 0.6 is 0 Å². The second-order valence-electron chi connectivity index (χ2n) is 6.00. The van der Waals surface area contributed by atoms with E-state index in [1.165, 1.54) is 31.4 Å². The minimum atomic E-state index is -0.739. The third-order valence-corrected chi connectivity index (χ3v) is 4.22. The number of methoxy groups -OCH3 is 1. The number of hydrogen-bond acceptors (Lipinski definition) is 5. The van der Waals surface area contributed by atoms with E-state index in [2.05, 4.69) is 10.6 Å². The summed E-state index contributed by atoms with van der Waals surface area (Å²) < 4.78 is 34.2. The summed E-state index contributed by atoms with van der Waals surface area (Å²) in [5.41, 5.74) is 12.3. The zero-order chi connectivity index (χ0) is 20.8. The van der Waals surface area contributed by atoms with Crippen LogP contribution in [0.2, 0.25) is 0 Å². The molecule has 0 radical (unpaired) electrons. The molecule has 0 heterocycles. The van der Waals surface area contributed by atoms with E-state index in [0.29, 0.717) is 6.54 Å². The van der Waals surface area contributed by atoms with Crippen molar-refractivity contribution >= 4 is 17.3 Å². The molecular weight excluding hydrogens is 366 g/mol. The lowest BCUT2D eigenvalue weighted by atomic mass is 9.96. The van der Waals surface area contributed by atoms with Crippen LogP contribution in [0.4, 0.5) is 14.5 Å². The Bertz CT molecular complexity index is 913. The number of amides is 1. The maximum atomic E-state index is 14.7. The van der Waals surface area contributed by atoms with E-state index in [1.54, 1.807) is 7.05 Å². The minimum absolute atomic E-state index is 0.0375. The van der Waals surface area contributed by atoms with Crippen LogP contribution in [0.3, 0.4) is 0 Å². The molecule has 0 saturated carbocycles. The summed E-state index contributed by atoms with van der Waals surface area (Å²) in [4.78, 5) is 12.2. The Morgan fingerprint density at radius 3 is 2.54 bits per heavy atom. The predicted octanol–water partition coefficient (Wildman–Crippen LogP) is 2.60. The SMILES string of the molecule is CCCNC(=O)/C(N)=C(\NC)c1ccc(F)c(-c2cccc(OC)c2F)c1N. The summed E-state index contributed by atoms with van der Waals surface area (Å²) in [6, 6.07) is 6.89. The molecule has 28 heavy (non-hydrogen) atoms. The number of anilines is 1. The monoisotopic (exact) mass is 390 g/mol. The molecule has 6 nitrogen and oxygen atoms in total.